The molecule has 0 spiro atoms. The molecule has 8 nitrogen and oxygen atoms in total. The average Bonchev–Trinajstić information content (AvgIpc) is 3.13. The normalized spacial score (nSPS) is 10.9. The minimum absolute atomic E-state index is 0.0408. The van der Waals surface area contributed by atoms with Crippen LogP contribution in [0.15, 0.2) is 64.8 Å². The van der Waals surface area contributed by atoms with Crippen LogP contribution in [0.2, 0.25) is 5.15 Å². The predicted molar refractivity (Wildman–Crippen MR) is 108 cm³/mol. The lowest BCUT2D eigenvalue weighted by Crippen LogP contribution is -2.16. The first-order valence-electron chi connectivity index (χ1n) is 8.18. The molecule has 0 unspecified atom stereocenters. The highest BCUT2D eigenvalue weighted by Crippen LogP contribution is 2.20. The number of fused-ring (bicyclic) bond motifs is 1. The molecule has 0 fully saturated rings. The number of hydrogen-bond donors (Lipinski definition) is 2. The minimum Gasteiger partial charge on any atom is -0.323 e. The number of para-hydroxylation sites is 1. The number of benzene rings is 1. The van der Waals surface area contributed by atoms with Crippen molar-refractivity contribution in [1.82, 2.24) is 24.7 Å². The standard InChI is InChI=1S/C18H13ClN6O2S/c19-15-13(7-4-8-20-15)22-14(26)10-28-18-23-16-12(17(27)24-18)9-21-25(16)11-5-2-1-3-6-11/h1-9H,10H2,(H,22,26)(H,23,24,27). The second kappa shape index (κ2) is 7.83. The summed E-state index contributed by atoms with van der Waals surface area (Å²) >= 11 is 7.04. The number of carbonyl (C=O) groups is 1. The van der Waals surface area contributed by atoms with Crippen molar-refractivity contribution in [3.63, 3.8) is 0 Å². The number of aromatic amines is 1. The van der Waals surface area contributed by atoms with E-state index in [-0.39, 0.29) is 22.4 Å². The van der Waals surface area contributed by atoms with E-state index in [1.54, 1.807) is 16.8 Å². The number of hydrogen-bond acceptors (Lipinski definition) is 6. The lowest BCUT2D eigenvalue weighted by molar-refractivity contribution is -0.113. The SMILES string of the molecule is O=C(CSc1nc2c(cnn2-c2ccccc2)c(=O)[nH]1)Nc1cccnc1Cl. The topological polar surface area (TPSA) is 106 Å². The number of H-pyrrole nitrogens is 1. The van der Waals surface area contributed by atoms with E-state index in [0.29, 0.717) is 21.9 Å². The zero-order chi connectivity index (χ0) is 19.5. The van der Waals surface area contributed by atoms with Crippen LogP contribution in [-0.2, 0) is 4.79 Å². The summed E-state index contributed by atoms with van der Waals surface area (Å²) in [6.07, 6.45) is 3.01. The first kappa shape index (κ1) is 18.2. The van der Waals surface area contributed by atoms with Crippen molar-refractivity contribution in [3.05, 3.63) is 70.4 Å². The Kier molecular flexibility index (Phi) is 5.09. The van der Waals surface area contributed by atoms with Crippen LogP contribution in [0.4, 0.5) is 5.69 Å². The van der Waals surface area contributed by atoms with Gasteiger partial charge in [0.05, 0.1) is 23.3 Å². The van der Waals surface area contributed by atoms with Gasteiger partial charge in [-0.1, -0.05) is 41.6 Å². The van der Waals surface area contributed by atoms with E-state index in [9.17, 15) is 9.59 Å². The molecule has 4 aromatic rings. The van der Waals surface area contributed by atoms with E-state index in [1.807, 2.05) is 30.3 Å². The lowest BCUT2D eigenvalue weighted by atomic mass is 10.3. The second-order valence-corrected chi connectivity index (χ2v) is 7.00. The molecule has 10 heteroatoms. The van der Waals surface area contributed by atoms with Crippen LogP contribution in [-0.4, -0.2) is 36.4 Å². The molecular weight excluding hydrogens is 400 g/mol. The maximum atomic E-state index is 12.3. The van der Waals surface area contributed by atoms with Gasteiger partial charge in [-0.2, -0.15) is 5.10 Å². The van der Waals surface area contributed by atoms with Crippen LogP contribution in [0, 0.1) is 0 Å². The summed E-state index contributed by atoms with van der Waals surface area (Å²) < 4.78 is 1.59. The molecule has 140 valence electrons. The summed E-state index contributed by atoms with van der Waals surface area (Å²) in [6.45, 7) is 0. The Morgan fingerprint density at radius 1 is 1.21 bits per heavy atom. The van der Waals surface area contributed by atoms with Gasteiger partial charge in [-0.3, -0.25) is 9.59 Å². The largest absolute Gasteiger partial charge is 0.323 e. The van der Waals surface area contributed by atoms with Crippen molar-refractivity contribution < 1.29 is 4.79 Å². The number of rotatable bonds is 5. The Labute approximate surface area is 168 Å². The van der Waals surface area contributed by atoms with E-state index in [2.05, 4.69) is 25.4 Å². The third-order valence-electron chi connectivity index (χ3n) is 3.79. The van der Waals surface area contributed by atoms with Crippen molar-refractivity contribution in [3.8, 4) is 5.69 Å². The molecule has 3 heterocycles. The van der Waals surface area contributed by atoms with Crippen LogP contribution in [0.3, 0.4) is 0 Å². The third-order valence-corrected chi connectivity index (χ3v) is 4.96. The molecule has 2 N–H and O–H groups in total. The molecule has 1 aromatic carbocycles. The van der Waals surface area contributed by atoms with E-state index in [4.69, 9.17) is 11.6 Å². The number of aromatic nitrogens is 5. The fraction of sp³-hybridized carbons (Fsp3) is 0.0556. The van der Waals surface area contributed by atoms with Gasteiger partial charge < -0.3 is 10.3 Å². The minimum atomic E-state index is -0.314. The number of pyridine rings is 1. The number of amides is 1. The number of thioether (sulfide) groups is 1. The molecule has 0 atom stereocenters. The molecule has 4 rings (SSSR count). The van der Waals surface area contributed by atoms with Crippen LogP contribution in [0.1, 0.15) is 0 Å². The van der Waals surface area contributed by atoms with Crippen LogP contribution >= 0.6 is 23.4 Å². The van der Waals surface area contributed by atoms with Crippen LogP contribution in [0.5, 0.6) is 0 Å². The molecule has 3 aromatic heterocycles. The fourth-order valence-electron chi connectivity index (χ4n) is 2.52. The van der Waals surface area contributed by atoms with E-state index < -0.39 is 0 Å². The second-order valence-electron chi connectivity index (χ2n) is 5.68. The van der Waals surface area contributed by atoms with Gasteiger partial charge in [-0.05, 0) is 24.3 Å². The number of nitrogens with zero attached hydrogens (tertiary/aromatic N) is 4. The summed E-state index contributed by atoms with van der Waals surface area (Å²) in [6, 6.07) is 12.7. The van der Waals surface area contributed by atoms with Gasteiger partial charge in [0, 0.05) is 6.20 Å². The molecular formula is C18H13ClN6O2S. The summed E-state index contributed by atoms with van der Waals surface area (Å²) in [5, 5.41) is 7.83. The first-order chi connectivity index (χ1) is 13.6. The summed E-state index contributed by atoms with van der Waals surface area (Å²) in [7, 11) is 0. The zero-order valence-electron chi connectivity index (χ0n) is 14.3. The van der Waals surface area contributed by atoms with Crippen LogP contribution < -0.4 is 10.9 Å². The molecule has 0 aliphatic heterocycles. The lowest BCUT2D eigenvalue weighted by Gasteiger charge is -2.06. The first-order valence-corrected chi connectivity index (χ1v) is 9.55. The highest BCUT2D eigenvalue weighted by Gasteiger charge is 2.13. The highest BCUT2D eigenvalue weighted by molar-refractivity contribution is 7.99. The fourth-order valence-corrected chi connectivity index (χ4v) is 3.35. The Bertz CT molecular complexity index is 1210. The maximum Gasteiger partial charge on any atom is 0.262 e. The quantitative estimate of drug-likeness (QED) is 0.296. The monoisotopic (exact) mass is 412 g/mol. The average molecular weight is 413 g/mol. The van der Waals surface area contributed by atoms with Gasteiger partial charge in [0.2, 0.25) is 5.91 Å². The number of anilines is 1. The van der Waals surface area contributed by atoms with Gasteiger partial charge in [-0.15, -0.1) is 0 Å². The highest BCUT2D eigenvalue weighted by atomic mass is 35.5. The van der Waals surface area contributed by atoms with Gasteiger partial charge in [0.15, 0.2) is 16.0 Å². The van der Waals surface area contributed by atoms with Crippen molar-refractivity contribution >= 4 is 46.0 Å². The summed E-state index contributed by atoms with van der Waals surface area (Å²) in [4.78, 5) is 35.5. The Morgan fingerprint density at radius 3 is 2.82 bits per heavy atom. The smallest absolute Gasteiger partial charge is 0.262 e. The van der Waals surface area contributed by atoms with E-state index >= 15 is 0 Å². The molecule has 0 aliphatic carbocycles. The van der Waals surface area contributed by atoms with Gasteiger partial charge in [-0.25, -0.2) is 14.6 Å². The summed E-state index contributed by atoms with van der Waals surface area (Å²) in [5.41, 5.74) is 1.32. The number of halogens is 1. The summed E-state index contributed by atoms with van der Waals surface area (Å²) in [5.74, 6) is -0.252. The molecule has 0 bridgehead atoms. The van der Waals surface area contributed by atoms with E-state index in [0.717, 1.165) is 17.4 Å². The zero-order valence-corrected chi connectivity index (χ0v) is 15.9. The van der Waals surface area contributed by atoms with Crippen molar-refractivity contribution in [2.45, 2.75) is 5.16 Å². The Morgan fingerprint density at radius 2 is 2.04 bits per heavy atom. The van der Waals surface area contributed by atoms with Crippen molar-refractivity contribution in [2.24, 2.45) is 0 Å². The Hall–Kier alpha value is -3.17. The maximum absolute atomic E-state index is 12.3. The van der Waals surface area contributed by atoms with Gasteiger partial charge >= 0.3 is 0 Å². The van der Waals surface area contributed by atoms with E-state index in [1.165, 1.54) is 12.4 Å². The number of nitrogens with one attached hydrogen (secondary N) is 2. The molecule has 0 saturated carbocycles. The van der Waals surface area contributed by atoms with Crippen molar-refractivity contribution in [2.75, 3.05) is 11.1 Å². The molecule has 28 heavy (non-hydrogen) atoms. The number of carbonyl (C=O) groups excluding carboxylic acids is 1. The third kappa shape index (κ3) is 3.75. The molecule has 0 aliphatic rings. The molecule has 0 saturated heterocycles. The molecule has 1 amide bonds. The van der Waals surface area contributed by atoms with Gasteiger partial charge in [0.25, 0.3) is 5.56 Å². The van der Waals surface area contributed by atoms with Gasteiger partial charge in [0.1, 0.15) is 5.39 Å². The predicted octanol–water partition coefficient (Wildman–Crippen LogP) is 2.89. The van der Waals surface area contributed by atoms with Crippen molar-refractivity contribution in [1.29, 1.82) is 0 Å². The molecule has 0 radical (unpaired) electrons. The Balaban J connectivity index is 1.55. The van der Waals surface area contributed by atoms with Crippen LogP contribution in [0.25, 0.3) is 16.7 Å².